The van der Waals surface area contributed by atoms with Gasteiger partial charge in [-0.05, 0) is 88.5 Å². The van der Waals surface area contributed by atoms with Gasteiger partial charge in [0.05, 0.1) is 5.69 Å². The van der Waals surface area contributed by atoms with E-state index in [1.807, 2.05) is 129 Å². The van der Waals surface area contributed by atoms with Crippen LogP contribution in [0.15, 0.2) is 235 Å². The van der Waals surface area contributed by atoms with Gasteiger partial charge in [-0.2, -0.15) is 0 Å². The van der Waals surface area contributed by atoms with Crippen molar-refractivity contribution >= 4 is 42.8 Å². The van der Waals surface area contributed by atoms with Crippen molar-refractivity contribution < 1.29 is 50.4 Å². The summed E-state index contributed by atoms with van der Waals surface area (Å²) in [6.45, 7) is 3.98. The third-order valence-corrected chi connectivity index (χ3v) is 12.7. The van der Waals surface area contributed by atoms with E-state index in [0.29, 0.717) is 0 Å². The van der Waals surface area contributed by atoms with E-state index in [0.717, 1.165) is 65.1 Å². The Bertz CT molecular complexity index is 3240. The molecule has 0 bridgehead atoms. The van der Waals surface area contributed by atoms with Gasteiger partial charge in [0.1, 0.15) is 0 Å². The van der Waals surface area contributed by atoms with Gasteiger partial charge in [-0.3, -0.25) is 4.98 Å². The number of thiophene rings is 2. The number of pyridine rings is 4. The third kappa shape index (κ3) is 16.0. The number of hydrogen-bond donors (Lipinski definition) is 2. The Morgan fingerprint density at radius 3 is 1.26 bits per heavy atom. The van der Waals surface area contributed by atoms with Gasteiger partial charge >= 0.3 is 0 Å². The van der Waals surface area contributed by atoms with Crippen molar-refractivity contribution in [1.82, 2.24) is 19.9 Å². The van der Waals surface area contributed by atoms with Crippen LogP contribution in [0.5, 0.6) is 0 Å². The fraction of sp³-hybridized carbons (Fsp3) is 0.0625. The molecule has 6 aromatic heterocycles. The van der Waals surface area contributed by atoms with Gasteiger partial charge < -0.3 is 25.2 Å². The molecule has 6 aromatic carbocycles. The van der Waals surface area contributed by atoms with Crippen LogP contribution in [0.25, 0.3) is 87.5 Å². The number of nitrogens with zero attached hydrogens (tertiary/aromatic N) is 4. The van der Waals surface area contributed by atoms with Gasteiger partial charge in [0.2, 0.25) is 0 Å². The van der Waals surface area contributed by atoms with Crippen molar-refractivity contribution in [2.24, 2.45) is 0 Å². The first-order valence-electron chi connectivity index (χ1n) is 23.1. The van der Waals surface area contributed by atoms with E-state index in [1.165, 1.54) is 48.0 Å². The Balaban J connectivity index is 0.000000181. The summed E-state index contributed by atoms with van der Waals surface area (Å²) in [7, 11) is 2.00. The topological polar surface area (TPSA) is 92.0 Å². The van der Waals surface area contributed by atoms with Crippen LogP contribution in [0.4, 0.5) is 0 Å². The SMILES string of the molecule is CO.CO.Cc1cccc(-c2[c-]cccc2)n1.Cc1cccc(-c2[c-]cccc2)n1.[Ir].[Ir].[c-]1cc(-c2ccccc2)ccc1-c1nccc2sccc12.c1ccc(-c2ccc(-c3nccc4sccc34)cc2)cc1. The molecule has 0 aliphatic heterocycles. The molecule has 0 fully saturated rings. The molecule has 6 nitrogen and oxygen atoms in total. The van der Waals surface area contributed by atoms with Crippen LogP contribution >= 0.6 is 22.7 Å². The fourth-order valence-electron chi connectivity index (χ4n) is 7.56. The quantitative estimate of drug-likeness (QED) is 0.161. The van der Waals surface area contributed by atoms with Gasteiger partial charge in [-0.15, -0.1) is 124 Å². The summed E-state index contributed by atoms with van der Waals surface area (Å²) in [5.74, 6) is 0. The Labute approximate surface area is 470 Å². The van der Waals surface area contributed by atoms with Crippen LogP contribution in [0.1, 0.15) is 11.4 Å². The van der Waals surface area contributed by atoms with Gasteiger partial charge in [0.15, 0.2) is 0 Å². The van der Waals surface area contributed by atoms with Crippen LogP contribution in [0, 0.1) is 32.0 Å². The summed E-state index contributed by atoms with van der Waals surface area (Å²) in [5.41, 5.74) is 15.3. The zero-order valence-electron chi connectivity index (χ0n) is 41.2. The second-order valence-electron chi connectivity index (χ2n) is 15.7. The molecule has 2 radical (unpaired) electrons. The van der Waals surface area contributed by atoms with Crippen molar-refractivity contribution in [2.45, 2.75) is 13.8 Å². The van der Waals surface area contributed by atoms with Crippen LogP contribution in [0.2, 0.25) is 0 Å². The molecule has 0 spiro atoms. The second kappa shape index (κ2) is 30.9. The van der Waals surface area contributed by atoms with E-state index in [-0.39, 0.29) is 40.2 Å². The average Bonchev–Trinajstić information content (AvgIpc) is 4.17. The van der Waals surface area contributed by atoms with E-state index >= 15 is 0 Å². The molecule has 0 amide bonds. The van der Waals surface area contributed by atoms with Crippen molar-refractivity contribution in [3.8, 4) is 67.3 Å². The molecular weight excluding hydrogens is 1310 g/mol. The Kier molecular flexibility index (Phi) is 24.2. The monoisotopic (exact) mass is 1360 g/mol. The summed E-state index contributed by atoms with van der Waals surface area (Å²) in [4.78, 5) is 17.9. The largest absolute Gasteiger partial charge is 0.400 e. The number of benzene rings is 6. The summed E-state index contributed by atoms with van der Waals surface area (Å²) in [6, 6.07) is 81.5. The second-order valence-corrected chi connectivity index (χ2v) is 17.6. The standard InChI is InChI=1S/C19H13NS.C19H12NS.2C12H10N.2CH4O.2Ir/c2*1-2-4-14(5-3-1)15-6-8-16(9-7-15)19-17-11-13-21-18(17)10-12-20-19;2*1-10-6-5-9-12(13-10)11-7-3-2-4-8-11;2*1-2;;/h1-13H;1-8,10-13H;2*2-7,9H,1H3;2*2H,1H3;;/q;3*-1;;;;. The summed E-state index contributed by atoms with van der Waals surface area (Å²) < 4.78 is 2.55. The number of aliphatic hydroxyl groups is 2. The zero-order chi connectivity index (χ0) is 50.3. The Morgan fingerprint density at radius 2 is 0.797 bits per heavy atom. The van der Waals surface area contributed by atoms with E-state index in [9.17, 15) is 0 Å². The molecule has 10 heteroatoms. The van der Waals surface area contributed by atoms with Gasteiger partial charge in [0, 0.05) is 98.6 Å². The average molecular weight is 1360 g/mol. The van der Waals surface area contributed by atoms with Gasteiger partial charge in [0.25, 0.3) is 0 Å². The van der Waals surface area contributed by atoms with Crippen LogP contribution in [-0.2, 0) is 40.2 Å². The summed E-state index contributed by atoms with van der Waals surface area (Å²) in [5, 5.41) is 20.7. The molecule has 0 aliphatic rings. The van der Waals surface area contributed by atoms with Crippen molar-refractivity contribution in [1.29, 1.82) is 0 Å². The molecule has 0 saturated heterocycles. The number of aliphatic hydroxyl groups excluding tert-OH is 2. The number of aryl methyl sites for hydroxylation is 2. The van der Waals surface area contributed by atoms with E-state index in [4.69, 9.17) is 10.2 Å². The van der Waals surface area contributed by atoms with Gasteiger partial charge in [-0.25, -0.2) is 0 Å². The van der Waals surface area contributed by atoms with Crippen LogP contribution < -0.4 is 0 Å². The van der Waals surface area contributed by atoms with Crippen LogP contribution in [-0.4, -0.2) is 44.4 Å². The molecule has 2 N–H and O–H groups in total. The smallest absolute Gasteiger partial charge is 0.0788 e. The number of fused-ring (bicyclic) bond motifs is 2. The molecule has 0 saturated carbocycles. The molecule has 374 valence electrons. The normalized spacial score (nSPS) is 9.81. The van der Waals surface area contributed by atoms with Crippen molar-refractivity contribution in [3.05, 3.63) is 265 Å². The minimum absolute atomic E-state index is 0. The first kappa shape index (κ1) is 58.0. The maximum Gasteiger partial charge on any atom is 0.0788 e. The zero-order valence-corrected chi connectivity index (χ0v) is 47.6. The Hall–Kier alpha value is -6.94. The minimum atomic E-state index is 0. The maximum absolute atomic E-state index is 7.00. The molecule has 0 aliphatic carbocycles. The summed E-state index contributed by atoms with van der Waals surface area (Å²) >= 11 is 3.50. The Morgan fingerprint density at radius 1 is 0.365 bits per heavy atom. The van der Waals surface area contributed by atoms with E-state index < -0.39 is 0 Å². The molecule has 74 heavy (non-hydrogen) atoms. The maximum atomic E-state index is 7.00. The van der Waals surface area contributed by atoms with Crippen LogP contribution in [0.3, 0.4) is 0 Å². The minimum Gasteiger partial charge on any atom is -0.400 e. The van der Waals surface area contributed by atoms with E-state index in [2.05, 4.69) is 158 Å². The molecule has 6 heterocycles. The van der Waals surface area contributed by atoms with E-state index in [1.54, 1.807) is 22.7 Å². The predicted octanol–water partition coefficient (Wildman–Crippen LogP) is 16.0. The van der Waals surface area contributed by atoms with Crippen molar-refractivity contribution in [2.75, 3.05) is 14.2 Å². The van der Waals surface area contributed by atoms with Gasteiger partial charge in [-0.1, -0.05) is 126 Å². The molecular formula is C64H53Ir2N4O2S2-3. The summed E-state index contributed by atoms with van der Waals surface area (Å²) in [6.07, 6.45) is 3.76. The first-order valence-corrected chi connectivity index (χ1v) is 24.9. The predicted molar refractivity (Wildman–Crippen MR) is 303 cm³/mol. The number of rotatable bonds is 6. The number of aromatic nitrogens is 4. The number of hydrogen-bond acceptors (Lipinski definition) is 8. The molecule has 12 aromatic rings. The first-order chi connectivity index (χ1) is 35.6. The fourth-order valence-corrected chi connectivity index (χ4v) is 9.12. The third-order valence-electron chi connectivity index (χ3n) is 10.9. The molecule has 12 rings (SSSR count). The molecule has 0 unspecified atom stereocenters. The van der Waals surface area contributed by atoms with Crippen molar-refractivity contribution in [3.63, 3.8) is 0 Å². The molecule has 0 atom stereocenters.